The molecule has 40 heavy (non-hydrogen) atoms. The minimum absolute atomic E-state index is 0.0185. The number of nitrogens with two attached hydrogens (primary N) is 1. The number of amides is 2. The van der Waals surface area contributed by atoms with Gasteiger partial charge in [-0.2, -0.15) is 0 Å². The molecule has 2 aliphatic rings. The number of hydrogen-bond donors (Lipinski definition) is 3. The van der Waals surface area contributed by atoms with Crippen molar-refractivity contribution in [1.82, 2.24) is 10.2 Å². The van der Waals surface area contributed by atoms with Gasteiger partial charge in [-0.1, -0.05) is 57.3 Å². The summed E-state index contributed by atoms with van der Waals surface area (Å²) in [5.74, 6) is -0.00753. The molecule has 1 fully saturated rings. The van der Waals surface area contributed by atoms with Gasteiger partial charge in [0.25, 0.3) is 11.8 Å². The lowest BCUT2D eigenvalue weighted by atomic mass is 9.76. The second-order valence-corrected chi connectivity index (χ2v) is 11.7. The second-order valence-electron chi connectivity index (χ2n) is 11.3. The molecule has 7 nitrogen and oxygen atoms in total. The van der Waals surface area contributed by atoms with Crippen molar-refractivity contribution in [2.75, 3.05) is 6.54 Å². The summed E-state index contributed by atoms with van der Waals surface area (Å²) in [6, 6.07) is 11.4. The molecule has 1 aliphatic heterocycles. The zero-order chi connectivity index (χ0) is 29.0. The van der Waals surface area contributed by atoms with Gasteiger partial charge in [0.15, 0.2) is 0 Å². The van der Waals surface area contributed by atoms with E-state index in [-0.39, 0.29) is 35.3 Å². The van der Waals surface area contributed by atoms with E-state index >= 15 is 0 Å². The van der Waals surface area contributed by atoms with Crippen LogP contribution < -0.4 is 11.1 Å². The molecular weight excluding hydrogens is 529 g/mol. The molecule has 0 bridgehead atoms. The molecule has 2 amide bonds. The molecule has 4 rings (SSSR count). The van der Waals surface area contributed by atoms with E-state index in [0.29, 0.717) is 28.7 Å². The van der Waals surface area contributed by atoms with Gasteiger partial charge in [-0.25, -0.2) is 4.39 Å². The summed E-state index contributed by atoms with van der Waals surface area (Å²) in [5, 5.41) is 9.93. The summed E-state index contributed by atoms with van der Waals surface area (Å²) in [6.45, 7) is 6.59. The van der Waals surface area contributed by atoms with Gasteiger partial charge in [0.05, 0.1) is 17.6 Å². The molecule has 2 aromatic rings. The predicted molar refractivity (Wildman–Crippen MR) is 157 cm³/mol. The van der Waals surface area contributed by atoms with Gasteiger partial charge in [-0.15, -0.1) is 0 Å². The highest BCUT2D eigenvalue weighted by atomic mass is 35.5. The molecule has 214 valence electrons. The van der Waals surface area contributed by atoms with Crippen molar-refractivity contribution in [3.63, 3.8) is 0 Å². The summed E-state index contributed by atoms with van der Waals surface area (Å²) in [4.78, 5) is 33.9. The van der Waals surface area contributed by atoms with Crippen LogP contribution in [0.4, 0.5) is 4.39 Å². The SMILES string of the molecule is CCCCC(c1ccc(C(=O)NCC(=N)N)cc1)N1C(=O)C(c2ccc(F)c(Cl)c2)=NC12CCC(C(C)C)CC2. The first-order chi connectivity index (χ1) is 19.1. The van der Waals surface area contributed by atoms with Crippen LogP contribution in [0.2, 0.25) is 5.02 Å². The van der Waals surface area contributed by atoms with E-state index in [1.165, 1.54) is 12.1 Å². The Balaban J connectivity index is 1.72. The maximum absolute atomic E-state index is 14.3. The third-order valence-electron chi connectivity index (χ3n) is 8.30. The van der Waals surface area contributed by atoms with Crippen molar-refractivity contribution in [3.05, 3.63) is 70.0 Å². The van der Waals surface area contributed by atoms with Crippen molar-refractivity contribution in [1.29, 1.82) is 5.41 Å². The van der Waals surface area contributed by atoms with Crippen molar-refractivity contribution < 1.29 is 14.0 Å². The van der Waals surface area contributed by atoms with Gasteiger partial charge in [0, 0.05) is 11.1 Å². The van der Waals surface area contributed by atoms with Gasteiger partial charge in [0.2, 0.25) is 0 Å². The number of rotatable bonds is 10. The van der Waals surface area contributed by atoms with Gasteiger partial charge in [0.1, 0.15) is 23.0 Å². The fraction of sp³-hybridized carbons (Fsp3) is 0.484. The Kier molecular flexibility index (Phi) is 9.29. The molecule has 1 heterocycles. The average Bonchev–Trinajstić information content (AvgIpc) is 3.21. The highest BCUT2D eigenvalue weighted by molar-refractivity contribution is 6.47. The van der Waals surface area contributed by atoms with Crippen LogP contribution in [0.1, 0.15) is 93.2 Å². The molecule has 1 unspecified atom stereocenters. The van der Waals surface area contributed by atoms with E-state index in [1.54, 1.807) is 18.2 Å². The summed E-state index contributed by atoms with van der Waals surface area (Å²) in [6.07, 6.45) is 6.09. The lowest BCUT2D eigenvalue weighted by Crippen LogP contribution is -2.51. The van der Waals surface area contributed by atoms with Crippen LogP contribution in [0.3, 0.4) is 0 Å². The fourth-order valence-corrected chi connectivity index (χ4v) is 6.15. The summed E-state index contributed by atoms with van der Waals surface area (Å²) in [7, 11) is 0. The number of carbonyl (C=O) groups is 2. The van der Waals surface area contributed by atoms with Crippen LogP contribution in [0.25, 0.3) is 0 Å². The van der Waals surface area contributed by atoms with Gasteiger partial charge in [-0.3, -0.25) is 20.0 Å². The number of nitrogens with zero attached hydrogens (tertiary/aromatic N) is 2. The van der Waals surface area contributed by atoms with E-state index in [0.717, 1.165) is 50.5 Å². The number of aliphatic imine (C=N–C) groups is 1. The Labute approximate surface area is 240 Å². The monoisotopic (exact) mass is 567 g/mol. The Morgan fingerprint density at radius 1 is 1.23 bits per heavy atom. The minimum Gasteiger partial charge on any atom is -0.386 e. The zero-order valence-corrected chi connectivity index (χ0v) is 24.2. The highest BCUT2D eigenvalue weighted by Crippen LogP contribution is 2.48. The average molecular weight is 568 g/mol. The standard InChI is InChI=1S/C31H39ClFN5O2/c1-4-5-6-26(21-7-9-22(10-8-21)29(39)36-18-27(34)35)38-30(40)28(23-11-12-25(33)24(32)17-23)37-31(38)15-13-20(14-16-31)19(2)3/h7-12,17,19-20,26H,4-6,13-16,18H2,1-3H3,(H3,34,35)(H,36,39). The largest absolute Gasteiger partial charge is 0.386 e. The highest BCUT2D eigenvalue weighted by Gasteiger charge is 2.52. The molecule has 0 radical (unpaired) electrons. The van der Waals surface area contributed by atoms with E-state index in [2.05, 4.69) is 26.1 Å². The molecule has 1 atom stereocenters. The number of carbonyl (C=O) groups excluding carboxylic acids is 2. The topological polar surface area (TPSA) is 112 Å². The zero-order valence-electron chi connectivity index (χ0n) is 23.5. The van der Waals surface area contributed by atoms with Crippen LogP contribution in [-0.2, 0) is 4.79 Å². The third-order valence-corrected chi connectivity index (χ3v) is 8.59. The molecule has 9 heteroatoms. The number of benzene rings is 2. The summed E-state index contributed by atoms with van der Waals surface area (Å²) >= 11 is 6.11. The molecule has 4 N–H and O–H groups in total. The molecule has 0 aromatic heterocycles. The minimum atomic E-state index is -0.686. The van der Waals surface area contributed by atoms with Gasteiger partial charge >= 0.3 is 0 Å². The first kappa shape index (κ1) is 29.7. The van der Waals surface area contributed by atoms with E-state index in [4.69, 9.17) is 27.7 Å². The van der Waals surface area contributed by atoms with E-state index in [1.807, 2.05) is 17.0 Å². The number of amidine groups is 1. The second kappa shape index (κ2) is 12.5. The molecular formula is C31H39ClFN5O2. The molecule has 1 aliphatic carbocycles. The van der Waals surface area contributed by atoms with Crippen LogP contribution in [0.15, 0.2) is 47.5 Å². The Morgan fingerprint density at radius 3 is 2.48 bits per heavy atom. The molecule has 1 saturated carbocycles. The first-order valence-electron chi connectivity index (χ1n) is 14.2. The summed E-state index contributed by atoms with van der Waals surface area (Å²) in [5.41, 5.74) is 6.92. The Morgan fingerprint density at radius 2 is 1.90 bits per heavy atom. The fourth-order valence-electron chi connectivity index (χ4n) is 5.97. The van der Waals surface area contributed by atoms with Gasteiger partial charge in [-0.05, 0) is 79.8 Å². The summed E-state index contributed by atoms with van der Waals surface area (Å²) < 4.78 is 14.0. The number of hydrogen-bond acceptors (Lipinski definition) is 4. The maximum Gasteiger partial charge on any atom is 0.275 e. The predicted octanol–water partition coefficient (Wildman–Crippen LogP) is 6.25. The van der Waals surface area contributed by atoms with Crippen molar-refractivity contribution in [3.8, 4) is 0 Å². The first-order valence-corrected chi connectivity index (χ1v) is 14.5. The van der Waals surface area contributed by atoms with Crippen molar-refractivity contribution >= 4 is 35.0 Å². The lowest BCUT2D eigenvalue weighted by Gasteiger charge is -2.46. The van der Waals surface area contributed by atoms with Crippen LogP contribution in [0.5, 0.6) is 0 Å². The maximum atomic E-state index is 14.3. The van der Waals surface area contributed by atoms with Crippen molar-refractivity contribution in [2.24, 2.45) is 22.6 Å². The quantitative estimate of drug-likeness (QED) is 0.233. The van der Waals surface area contributed by atoms with Crippen LogP contribution in [-0.4, -0.2) is 40.5 Å². The Bertz CT molecular complexity index is 1290. The van der Waals surface area contributed by atoms with E-state index < -0.39 is 11.5 Å². The smallest absolute Gasteiger partial charge is 0.275 e. The number of nitrogens with one attached hydrogen (secondary N) is 2. The normalized spacial score (nSPS) is 21.6. The van der Waals surface area contributed by atoms with Gasteiger partial charge < -0.3 is 16.0 Å². The molecule has 2 aromatic carbocycles. The lowest BCUT2D eigenvalue weighted by molar-refractivity contribution is -0.133. The number of unbranched alkanes of at least 4 members (excludes halogenated alkanes) is 1. The number of halogens is 2. The van der Waals surface area contributed by atoms with Crippen molar-refractivity contribution in [2.45, 2.75) is 77.4 Å². The Hall–Kier alpha value is -3.26. The third kappa shape index (κ3) is 6.22. The van der Waals surface area contributed by atoms with Crippen LogP contribution in [0, 0.1) is 23.1 Å². The van der Waals surface area contributed by atoms with Crippen LogP contribution >= 0.6 is 11.6 Å². The van der Waals surface area contributed by atoms with E-state index in [9.17, 15) is 14.0 Å². The molecule has 1 spiro atoms. The molecule has 0 saturated heterocycles.